The van der Waals surface area contributed by atoms with Gasteiger partial charge in [0.2, 0.25) is 10.0 Å². The Labute approximate surface area is 204 Å². The zero-order chi connectivity index (χ0) is 24.6. The molecule has 0 saturated carbocycles. The Kier molecular flexibility index (Phi) is 9.64. The molecule has 186 valence electrons. The number of aryl methyl sites for hydroxylation is 1. The summed E-state index contributed by atoms with van der Waals surface area (Å²) >= 11 is 0. The van der Waals surface area contributed by atoms with Crippen LogP contribution in [0.25, 0.3) is 0 Å². The van der Waals surface area contributed by atoms with E-state index in [0.717, 1.165) is 19.5 Å². The van der Waals surface area contributed by atoms with Gasteiger partial charge in [-0.3, -0.25) is 9.69 Å². The van der Waals surface area contributed by atoms with Gasteiger partial charge in [0, 0.05) is 31.2 Å². The maximum atomic E-state index is 13.3. The molecule has 1 atom stereocenters. The second-order valence-corrected chi connectivity index (χ2v) is 10.4. The average molecular weight is 488 g/mol. The highest BCUT2D eigenvalue weighted by molar-refractivity contribution is 7.89. The van der Waals surface area contributed by atoms with E-state index in [-0.39, 0.29) is 16.8 Å². The van der Waals surface area contributed by atoms with E-state index in [2.05, 4.69) is 36.2 Å². The molecular formula is C26H37N3O4S. The van der Waals surface area contributed by atoms with E-state index in [1.165, 1.54) is 15.9 Å². The van der Waals surface area contributed by atoms with Crippen molar-refractivity contribution in [2.24, 2.45) is 0 Å². The molecule has 7 nitrogen and oxygen atoms in total. The third kappa shape index (κ3) is 6.44. The van der Waals surface area contributed by atoms with E-state index in [1.54, 1.807) is 12.1 Å². The smallest absolute Gasteiger partial charge is 0.251 e. The summed E-state index contributed by atoms with van der Waals surface area (Å²) in [6, 6.07) is 15.4. The van der Waals surface area contributed by atoms with E-state index < -0.39 is 10.0 Å². The standard InChI is InChI=1S/C26H37N3O4S/c1-4-22-12-13-23(19-25(22)34(31,32)29-14-16-33-17-15-29)26(30)27-20-24(28(5-2)6-3)18-21-10-8-7-9-11-21/h7-13,19,24H,4-6,14-18,20H2,1-3H3,(H,27,30). The number of hydrogen-bond acceptors (Lipinski definition) is 5. The fourth-order valence-electron chi connectivity index (χ4n) is 4.42. The molecular weight excluding hydrogens is 450 g/mol. The molecule has 2 aromatic carbocycles. The van der Waals surface area contributed by atoms with Crippen LogP contribution < -0.4 is 5.32 Å². The molecule has 0 spiro atoms. The zero-order valence-corrected chi connectivity index (χ0v) is 21.3. The lowest BCUT2D eigenvalue weighted by atomic mass is 10.0. The lowest BCUT2D eigenvalue weighted by Crippen LogP contribution is -2.45. The summed E-state index contributed by atoms with van der Waals surface area (Å²) in [5, 5.41) is 3.06. The van der Waals surface area contributed by atoms with Gasteiger partial charge in [0.1, 0.15) is 0 Å². The summed E-state index contributed by atoms with van der Waals surface area (Å²) in [5.74, 6) is -0.258. The number of carbonyl (C=O) groups excluding carboxylic acids is 1. The van der Waals surface area contributed by atoms with E-state index in [1.807, 2.05) is 25.1 Å². The van der Waals surface area contributed by atoms with Gasteiger partial charge in [0.25, 0.3) is 5.91 Å². The summed E-state index contributed by atoms with van der Waals surface area (Å²) in [6.07, 6.45) is 1.40. The number of benzene rings is 2. The van der Waals surface area contributed by atoms with Crippen LogP contribution in [0.5, 0.6) is 0 Å². The Morgan fingerprint density at radius 2 is 1.74 bits per heavy atom. The Bertz CT molecular complexity index is 1030. The molecule has 0 aliphatic carbocycles. The van der Waals surface area contributed by atoms with Crippen LogP contribution in [0.1, 0.15) is 42.3 Å². The minimum atomic E-state index is -3.69. The molecule has 34 heavy (non-hydrogen) atoms. The molecule has 8 heteroatoms. The molecule has 0 radical (unpaired) electrons. The van der Waals surface area contributed by atoms with Crippen LogP contribution in [0.3, 0.4) is 0 Å². The highest BCUT2D eigenvalue weighted by Gasteiger charge is 2.29. The van der Waals surface area contributed by atoms with Gasteiger partial charge in [-0.2, -0.15) is 4.31 Å². The summed E-state index contributed by atoms with van der Waals surface area (Å²) in [6.45, 7) is 9.84. The van der Waals surface area contributed by atoms with Gasteiger partial charge in [0.15, 0.2) is 0 Å². The van der Waals surface area contributed by atoms with Crippen molar-refractivity contribution < 1.29 is 17.9 Å². The first-order valence-electron chi connectivity index (χ1n) is 12.2. The Hall–Kier alpha value is -2.26. The second kappa shape index (κ2) is 12.4. The van der Waals surface area contributed by atoms with E-state index in [0.29, 0.717) is 50.4 Å². The van der Waals surface area contributed by atoms with Crippen molar-refractivity contribution in [3.05, 3.63) is 65.2 Å². The van der Waals surface area contributed by atoms with Crippen LogP contribution in [-0.4, -0.2) is 75.5 Å². The lowest BCUT2D eigenvalue weighted by Gasteiger charge is -2.30. The highest BCUT2D eigenvalue weighted by atomic mass is 32.2. The molecule has 1 aliphatic heterocycles. The topological polar surface area (TPSA) is 79.0 Å². The molecule has 0 bridgehead atoms. The maximum absolute atomic E-state index is 13.3. The first kappa shape index (κ1) is 26.3. The fraction of sp³-hybridized carbons (Fsp3) is 0.500. The third-order valence-electron chi connectivity index (χ3n) is 6.44. The molecule has 1 N–H and O–H groups in total. The molecule has 3 rings (SSSR count). The van der Waals surface area contributed by atoms with Crippen LogP contribution in [0.4, 0.5) is 0 Å². The van der Waals surface area contributed by atoms with Gasteiger partial charge < -0.3 is 10.1 Å². The third-order valence-corrected chi connectivity index (χ3v) is 8.42. The number of hydrogen-bond donors (Lipinski definition) is 1. The molecule has 1 amide bonds. The summed E-state index contributed by atoms with van der Waals surface area (Å²) in [4.78, 5) is 15.6. The van der Waals surface area contributed by atoms with Crippen molar-refractivity contribution in [2.45, 2.75) is 44.6 Å². The number of morpholine rings is 1. The van der Waals surface area contributed by atoms with Gasteiger partial charge in [-0.1, -0.05) is 57.2 Å². The normalized spacial score (nSPS) is 15.9. The van der Waals surface area contributed by atoms with Crippen molar-refractivity contribution in [3.63, 3.8) is 0 Å². The summed E-state index contributed by atoms with van der Waals surface area (Å²) in [7, 11) is -3.69. The highest BCUT2D eigenvalue weighted by Crippen LogP contribution is 2.23. The molecule has 1 aliphatic rings. The van der Waals surface area contributed by atoms with Crippen LogP contribution >= 0.6 is 0 Å². The van der Waals surface area contributed by atoms with Crippen molar-refractivity contribution in [3.8, 4) is 0 Å². The Balaban J connectivity index is 1.78. The first-order chi connectivity index (χ1) is 16.4. The van der Waals surface area contributed by atoms with E-state index in [4.69, 9.17) is 4.74 Å². The molecule has 1 heterocycles. The second-order valence-electron chi connectivity index (χ2n) is 8.47. The number of ether oxygens (including phenoxy) is 1. The minimum absolute atomic E-state index is 0.146. The number of amides is 1. The molecule has 1 unspecified atom stereocenters. The zero-order valence-electron chi connectivity index (χ0n) is 20.5. The lowest BCUT2D eigenvalue weighted by molar-refractivity contribution is 0.0730. The SMILES string of the molecule is CCc1ccc(C(=O)NCC(Cc2ccccc2)N(CC)CC)cc1S(=O)(=O)N1CCOCC1. The Morgan fingerprint density at radius 3 is 2.35 bits per heavy atom. The van der Waals surface area contributed by atoms with Crippen molar-refractivity contribution >= 4 is 15.9 Å². The maximum Gasteiger partial charge on any atom is 0.251 e. The molecule has 1 saturated heterocycles. The van der Waals surface area contributed by atoms with Gasteiger partial charge in [-0.15, -0.1) is 0 Å². The number of sulfonamides is 1. The molecule has 1 fully saturated rings. The van der Waals surface area contributed by atoms with Gasteiger partial charge in [-0.05, 0) is 49.2 Å². The Morgan fingerprint density at radius 1 is 1.06 bits per heavy atom. The monoisotopic (exact) mass is 487 g/mol. The quantitative estimate of drug-likeness (QED) is 0.527. The van der Waals surface area contributed by atoms with E-state index >= 15 is 0 Å². The van der Waals surface area contributed by atoms with Crippen LogP contribution in [-0.2, 0) is 27.6 Å². The first-order valence-corrected chi connectivity index (χ1v) is 13.6. The van der Waals surface area contributed by atoms with Crippen molar-refractivity contribution in [1.29, 1.82) is 0 Å². The molecule has 2 aromatic rings. The van der Waals surface area contributed by atoms with Gasteiger partial charge in [0.05, 0.1) is 18.1 Å². The van der Waals surface area contributed by atoms with Crippen molar-refractivity contribution in [2.75, 3.05) is 45.9 Å². The van der Waals surface area contributed by atoms with Crippen LogP contribution in [0.2, 0.25) is 0 Å². The number of rotatable bonds is 11. The largest absolute Gasteiger partial charge is 0.379 e. The minimum Gasteiger partial charge on any atom is -0.379 e. The van der Waals surface area contributed by atoms with Gasteiger partial charge >= 0.3 is 0 Å². The molecule has 0 aromatic heterocycles. The predicted octanol–water partition coefficient (Wildman–Crippen LogP) is 2.95. The average Bonchev–Trinajstić information content (AvgIpc) is 2.88. The number of nitrogens with one attached hydrogen (secondary N) is 1. The summed E-state index contributed by atoms with van der Waals surface area (Å²) in [5.41, 5.74) is 2.30. The van der Waals surface area contributed by atoms with Crippen molar-refractivity contribution in [1.82, 2.24) is 14.5 Å². The predicted molar refractivity (Wildman–Crippen MR) is 135 cm³/mol. The number of likely N-dealkylation sites (N-methyl/N-ethyl adjacent to an activating group) is 1. The van der Waals surface area contributed by atoms with Crippen LogP contribution in [0.15, 0.2) is 53.4 Å². The summed E-state index contributed by atoms with van der Waals surface area (Å²) < 4.78 is 33.4. The number of nitrogens with zero attached hydrogens (tertiary/aromatic N) is 2. The fourth-order valence-corrected chi connectivity index (χ4v) is 6.15. The number of carbonyl (C=O) groups is 1. The van der Waals surface area contributed by atoms with Crippen LogP contribution in [0, 0.1) is 0 Å². The van der Waals surface area contributed by atoms with Gasteiger partial charge in [-0.25, -0.2) is 8.42 Å². The van der Waals surface area contributed by atoms with E-state index in [9.17, 15) is 13.2 Å².